The number of esters is 1. The quantitative estimate of drug-likeness (QED) is 0.384. The number of nitrogens with two attached hydrogens (primary N) is 2. The van der Waals surface area contributed by atoms with E-state index in [1.807, 2.05) is 0 Å². The zero-order chi connectivity index (χ0) is 9.72. The number of rotatable bonds is 4. The maximum absolute atomic E-state index is 10.8. The van der Waals surface area contributed by atoms with Gasteiger partial charge in [0.2, 0.25) is 17.7 Å². The molecular weight excluding hydrogens is 164 g/mol. The van der Waals surface area contributed by atoms with Crippen LogP contribution >= 0.6 is 0 Å². The van der Waals surface area contributed by atoms with Gasteiger partial charge in [0.15, 0.2) is 0 Å². The van der Waals surface area contributed by atoms with Crippen molar-refractivity contribution in [2.45, 2.75) is 6.92 Å². The lowest BCUT2D eigenvalue weighted by molar-refractivity contribution is -0.154. The van der Waals surface area contributed by atoms with Crippen molar-refractivity contribution in [3.05, 3.63) is 0 Å². The normalized spacial score (nSPS) is 9.50. The molecule has 0 fully saturated rings. The maximum atomic E-state index is 10.8. The Labute approximate surface area is 68.8 Å². The second kappa shape index (κ2) is 4.32. The van der Waals surface area contributed by atoms with Gasteiger partial charge in [-0.15, -0.1) is 0 Å². The summed E-state index contributed by atoms with van der Waals surface area (Å²) in [4.78, 5) is 31.8. The molecule has 0 saturated heterocycles. The molecule has 0 heterocycles. The van der Waals surface area contributed by atoms with Gasteiger partial charge >= 0.3 is 5.97 Å². The summed E-state index contributed by atoms with van der Waals surface area (Å²) in [6, 6.07) is 0. The van der Waals surface area contributed by atoms with E-state index in [2.05, 4.69) is 4.74 Å². The SMILES string of the molecule is CCOC(=O)C(C(N)=O)C(N)=O. The molecule has 0 radical (unpaired) electrons. The van der Waals surface area contributed by atoms with Crippen LogP contribution < -0.4 is 11.5 Å². The molecule has 0 rings (SSSR count). The van der Waals surface area contributed by atoms with Crippen LogP contribution in [0.25, 0.3) is 0 Å². The second-order valence-electron chi connectivity index (χ2n) is 1.99. The van der Waals surface area contributed by atoms with E-state index < -0.39 is 23.7 Å². The Morgan fingerprint density at radius 2 is 1.67 bits per heavy atom. The Balaban J connectivity index is 4.41. The van der Waals surface area contributed by atoms with Crippen molar-refractivity contribution in [2.75, 3.05) is 6.61 Å². The molecule has 6 nitrogen and oxygen atoms in total. The first-order valence-electron chi connectivity index (χ1n) is 3.26. The number of hydrogen-bond acceptors (Lipinski definition) is 4. The van der Waals surface area contributed by atoms with Gasteiger partial charge in [0, 0.05) is 0 Å². The number of hydrogen-bond donors (Lipinski definition) is 2. The Kier molecular flexibility index (Phi) is 3.75. The molecule has 0 aromatic carbocycles. The Morgan fingerprint density at radius 3 is 1.92 bits per heavy atom. The zero-order valence-corrected chi connectivity index (χ0v) is 6.57. The van der Waals surface area contributed by atoms with Crippen LogP contribution in [0.15, 0.2) is 0 Å². The highest BCUT2D eigenvalue weighted by Gasteiger charge is 2.31. The summed E-state index contributed by atoms with van der Waals surface area (Å²) in [6.07, 6.45) is 0. The fourth-order valence-corrected chi connectivity index (χ4v) is 0.598. The average molecular weight is 174 g/mol. The minimum absolute atomic E-state index is 0.0654. The minimum atomic E-state index is -1.68. The van der Waals surface area contributed by atoms with E-state index in [-0.39, 0.29) is 6.61 Å². The van der Waals surface area contributed by atoms with Crippen molar-refractivity contribution in [3.63, 3.8) is 0 Å². The van der Waals surface area contributed by atoms with Gasteiger partial charge in [-0.25, -0.2) is 0 Å². The van der Waals surface area contributed by atoms with Crippen LogP contribution in [0, 0.1) is 5.92 Å². The first-order chi connectivity index (χ1) is 5.50. The molecule has 0 aromatic rings. The van der Waals surface area contributed by atoms with Crippen molar-refractivity contribution in [2.24, 2.45) is 17.4 Å². The summed E-state index contributed by atoms with van der Waals surface area (Å²) in [7, 11) is 0. The van der Waals surface area contributed by atoms with E-state index in [9.17, 15) is 14.4 Å². The van der Waals surface area contributed by atoms with Gasteiger partial charge in [0.05, 0.1) is 6.61 Å². The summed E-state index contributed by atoms with van der Waals surface area (Å²) in [5, 5.41) is 0. The largest absolute Gasteiger partial charge is 0.465 e. The maximum Gasteiger partial charge on any atom is 0.328 e. The molecule has 0 spiro atoms. The van der Waals surface area contributed by atoms with Crippen LogP contribution in [-0.4, -0.2) is 24.4 Å². The minimum Gasteiger partial charge on any atom is -0.465 e. The molecule has 0 aliphatic carbocycles. The Morgan fingerprint density at radius 1 is 1.25 bits per heavy atom. The van der Waals surface area contributed by atoms with E-state index in [1.165, 1.54) is 6.92 Å². The standard InChI is InChI=1S/C6H10N2O4/c1-2-12-6(11)3(4(7)9)5(8)10/h3H,2H2,1H3,(H2,7,9)(H2,8,10). The Bertz CT molecular complexity index is 200. The lowest BCUT2D eigenvalue weighted by Gasteiger charge is -2.07. The summed E-state index contributed by atoms with van der Waals surface area (Å²) in [6.45, 7) is 1.60. The van der Waals surface area contributed by atoms with Gasteiger partial charge in [-0.1, -0.05) is 0 Å². The number of primary amides is 2. The monoisotopic (exact) mass is 174 g/mol. The van der Waals surface area contributed by atoms with E-state index >= 15 is 0 Å². The number of ether oxygens (including phenoxy) is 1. The smallest absolute Gasteiger partial charge is 0.328 e. The highest BCUT2D eigenvalue weighted by molar-refractivity contribution is 6.14. The van der Waals surface area contributed by atoms with Crippen LogP contribution in [0.4, 0.5) is 0 Å². The van der Waals surface area contributed by atoms with Crippen molar-refractivity contribution >= 4 is 17.8 Å². The fourth-order valence-electron chi connectivity index (χ4n) is 0.598. The molecule has 6 heteroatoms. The summed E-state index contributed by atoms with van der Waals surface area (Å²) in [5.74, 6) is -4.87. The Hall–Kier alpha value is -1.59. The van der Waals surface area contributed by atoms with Gasteiger partial charge < -0.3 is 16.2 Å². The van der Waals surface area contributed by atoms with E-state index in [4.69, 9.17) is 11.5 Å². The highest BCUT2D eigenvalue weighted by Crippen LogP contribution is 1.97. The van der Waals surface area contributed by atoms with E-state index in [0.29, 0.717) is 0 Å². The number of amides is 2. The topological polar surface area (TPSA) is 112 Å². The van der Waals surface area contributed by atoms with Crippen molar-refractivity contribution in [1.29, 1.82) is 0 Å². The van der Waals surface area contributed by atoms with Gasteiger partial charge in [-0.05, 0) is 6.92 Å². The van der Waals surface area contributed by atoms with Gasteiger partial charge in [-0.2, -0.15) is 0 Å². The molecule has 0 aliphatic rings. The summed E-state index contributed by atoms with van der Waals surface area (Å²) in [5.41, 5.74) is 9.46. The molecule has 0 aromatic heterocycles. The number of carbonyl (C=O) groups excluding carboxylic acids is 3. The molecule has 0 saturated carbocycles. The average Bonchev–Trinajstić information content (AvgIpc) is 1.85. The summed E-state index contributed by atoms with van der Waals surface area (Å²) < 4.78 is 4.39. The van der Waals surface area contributed by atoms with E-state index in [0.717, 1.165) is 0 Å². The predicted octanol–water partition coefficient (Wildman–Crippen LogP) is -1.86. The first kappa shape index (κ1) is 10.4. The molecule has 0 atom stereocenters. The second-order valence-corrected chi connectivity index (χ2v) is 1.99. The summed E-state index contributed by atoms with van der Waals surface area (Å²) >= 11 is 0. The highest BCUT2D eigenvalue weighted by atomic mass is 16.5. The third-order valence-corrected chi connectivity index (χ3v) is 1.09. The molecule has 68 valence electrons. The van der Waals surface area contributed by atoms with Gasteiger partial charge in [0.25, 0.3) is 0 Å². The lowest BCUT2D eigenvalue weighted by atomic mass is 10.1. The van der Waals surface area contributed by atoms with Crippen LogP contribution in [0.2, 0.25) is 0 Å². The molecular formula is C6H10N2O4. The van der Waals surface area contributed by atoms with Crippen molar-refractivity contribution in [3.8, 4) is 0 Å². The van der Waals surface area contributed by atoms with Crippen molar-refractivity contribution in [1.82, 2.24) is 0 Å². The van der Waals surface area contributed by atoms with Crippen LogP contribution in [0.3, 0.4) is 0 Å². The molecule has 4 N–H and O–H groups in total. The zero-order valence-electron chi connectivity index (χ0n) is 6.57. The van der Waals surface area contributed by atoms with E-state index in [1.54, 1.807) is 0 Å². The van der Waals surface area contributed by atoms with Crippen molar-refractivity contribution < 1.29 is 19.1 Å². The molecule has 2 amide bonds. The third-order valence-electron chi connectivity index (χ3n) is 1.09. The van der Waals surface area contributed by atoms with Crippen LogP contribution in [-0.2, 0) is 19.1 Å². The first-order valence-corrected chi connectivity index (χ1v) is 3.26. The third kappa shape index (κ3) is 2.57. The molecule has 12 heavy (non-hydrogen) atoms. The molecule has 0 unspecified atom stereocenters. The van der Waals surface area contributed by atoms with Crippen LogP contribution in [0.5, 0.6) is 0 Å². The van der Waals surface area contributed by atoms with Crippen LogP contribution in [0.1, 0.15) is 6.92 Å². The lowest BCUT2D eigenvalue weighted by Crippen LogP contribution is -2.41. The number of carbonyl (C=O) groups is 3. The predicted molar refractivity (Wildman–Crippen MR) is 38.5 cm³/mol. The molecule has 0 aliphatic heterocycles. The van der Waals surface area contributed by atoms with Gasteiger partial charge in [-0.3, -0.25) is 14.4 Å². The molecule has 0 bridgehead atoms. The van der Waals surface area contributed by atoms with Gasteiger partial charge in [0.1, 0.15) is 0 Å². The fraction of sp³-hybridized carbons (Fsp3) is 0.500.